The summed E-state index contributed by atoms with van der Waals surface area (Å²) in [6.07, 6.45) is 0.710. The summed E-state index contributed by atoms with van der Waals surface area (Å²) in [6, 6.07) is 23.5. The van der Waals surface area contributed by atoms with Gasteiger partial charge in [-0.1, -0.05) is 68.2 Å². The molecular formula is C39H39Cl2N3O6. The number of carboxylic acid groups (broad SMARTS) is 2. The summed E-state index contributed by atoms with van der Waals surface area (Å²) in [4.78, 5) is 39.9. The lowest BCUT2D eigenvalue weighted by molar-refractivity contribution is -0.118. The molecule has 0 unspecified atom stereocenters. The highest BCUT2D eigenvalue weighted by Gasteiger charge is 2.62. The van der Waals surface area contributed by atoms with E-state index in [2.05, 4.69) is 36.3 Å². The van der Waals surface area contributed by atoms with Crippen LogP contribution < -0.4 is 20.3 Å². The zero-order valence-electron chi connectivity index (χ0n) is 28.2. The molecule has 1 amide bonds. The second kappa shape index (κ2) is 13.6. The molecule has 1 fully saturated rings. The minimum atomic E-state index is -1.05. The number of benzene rings is 4. The van der Waals surface area contributed by atoms with Crippen LogP contribution in [0.25, 0.3) is 0 Å². The summed E-state index contributed by atoms with van der Waals surface area (Å²) < 4.78 is 5.66. The number of hydrogen-bond donors (Lipinski definition) is 4. The zero-order valence-corrected chi connectivity index (χ0v) is 29.7. The Bertz CT molecular complexity index is 1960. The molecule has 4 N–H and O–H groups in total. The second-order valence-corrected chi connectivity index (χ2v) is 15.1. The third-order valence-corrected chi connectivity index (χ3v) is 10.4. The maximum Gasteiger partial charge on any atom is 0.335 e. The number of amides is 1. The highest BCUT2D eigenvalue weighted by molar-refractivity contribution is 6.31. The van der Waals surface area contributed by atoms with E-state index < -0.39 is 29.3 Å². The first-order chi connectivity index (χ1) is 23.7. The van der Waals surface area contributed by atoms with Gasteiger partial charge in [0.2, 0.25) is 5.91 Å². The van der Waals surface area contributed by atoms with Gasteiger partial charge in [0.25, 0.3) is 0 Å². The predicted octanol–water partition coefficient (Wildman–Crippen LogP) is 7.86. The molecule has 9 nitrogen and oxygen atoms in total. The topological polar surface area (TPSA) is 128 Å². The van der Waals surface area contributed by atoms with Crippen LogP contribution in [0.15, 0.2) is 84.9 Å². The highest BCUT2D eigenvalue weighted by Crippen LogP contribution is 2.59. The molecule has 0 bridgehead atoms. The molecule has 4 aromatic carbocycles. The molecule has 50 heavy (non-hydrogen) atoms. The van der Waals surface area contributed by atoms with Crippen LogP contribution in [0, 0.1) is 5.41 Å². The van der Waals surface area contributed by atoms with Gasteiger partial charge in [0.1, 0.15) is 5.75 Å². The number of ether oxygens (including phenoxy) is 1. The fourth-order valence-electron chi connectivity index (χ4n) is 7.72. The SMILES string of the molecule is COc1cc(C(=O)O)ccc1CN1C[C@]2(c3cc(Cl)ccc31)[C@H](CC(C)(C)C)N[C@@H](C(=O)Nc1ccc(C(=O)O)cc1)[C@@H]2c1ccccc1Cl. The third kappa shape index (κ3) is 6.65. The smallest absolute Gasteiger partial charge is 0.335 e. The van der Waals surface area contributed by atoms with Gasteiger partial charge < -0.3 is 30.5 Å². The van der Waals surface area contributed by atoms with Crippen LogP contribution >= 0.6 is 23.2 Å². The van der Waals surface area contributed by atoms with Crippen LogP contribution in [-0.2, 0) is 16.8 Å². The van der Waals surface area contributed by atoms with Crippen LogP contribution in [0.5, 0.6) is 5.75 Å². The van der Waals surface area contributed by atoms with Gasteiger partial charge in [0.15, 0.2) is 0 Å². The quantitative estimate of drug-likeness (QED) is 0.138. The van der Waals surface area contributed by atoms with Crippen LogP contribution in [0.2, 0.25) is 10.0 Å². The minimum Gasteiger partial charge on any atom is -0.496 e. The Kier molecular flexibility index (Phi) is 9.61. The van der Waals surface area contributed by atoms with E-state index in [0.29, 0.717) is 41.0 Å². The number of carbonyl (C=O) groups excluding carboxylic acids is 1. The fraction of sp³-hybridized carbons (Fsp3) is 0.308. The summed E-state index contributed by atoms with van der Waals surface area (Å²) in [5.74, 6) is -2.36. The summed E-state index contributed by atoms with van der Waals surface area (Å²) >= 11 is 13.8. The zero-order chi connectivity index (χ0) is 36.0. The van der Waals surface area contributed by atoms with Gasteiger partial charge in [0.05, 0.1) is 24.3 Å². The number of methoxy groups -OCH3 is 1. The summed E-state index contributed by atoms with van der Waals surface area (Å²) in [5.41, 5.74) is 3.43. The Morgan fingerprint density at radius 2 is 1.62 bits per heavy atom. The van der Waals surface area contributed by atoms with Crippen LogP contribution in [0.3, 0.4) is 0 Å². The van der Waals surface area contributed by atoms with Crippen molar-refractivity contribution in [2.45, 2.75) is 57.2 Å². The minimum absolute atomic E-state index is 0.119. The monoisotopic (exact) mass is 715 g/mol. The van der Waals surface area contributed by atoms with Crippen molar-refractivity contribution in [3.8, 4) is 5.75 Å². The molecule has 0 aromatic heterocycles. The van der Waals surface area contributed by atoms with Gasteiger partial charge in [-0.05, 0) is 83.6 Å². The van der Waals surface area contributed by atoms with Crippen molar-refractivity contribution in [3.05, 3.63) is 123 Å². The van der Waals surface area contributed by atoms with Gasteiger partial charge in [-0.3, -0.25) is 4.79 Å². The Hall–Kier alpha value is -4.57. The van der Waals surface area contributed by atoms with Crippen LogP contribution in [-0.4, -0.2) is 53.8 Å². The first-order valence-electron chi connectivity index (χ1n) is 16.3. The van der Waals surface area contributed by atoms with E-state index in [4.69, 9.17) is 27.9 Å². The number of anilines is 2. The highest BCUT2D eigenvalue weighted by atomic mass is 35.5. The van der Waals surface area contributed by atoms with Gasteiger partial charge in [-0.15, -0.1) is 0 Å². The molecule has 2 aliphatic heterocycles. The molecule has 11 heteroatoms. The summed E-state index contributed by atoms with van der Waals surface area (Å²) in [5, 5.41) is 26.9. The predicted molar refractivity (Wildman–Crippen MR) is 195 cm³/mol. The van der Waals surface area contributed by atoms with Crippen molar-refractivity contribution in [3.63, 3.8) is 0 Å². The molecular weight excluding hydrogens is 677 g/mol. The average Bonchev–Trinajstić information content (AvgIpc) is 3.54. The molecule has 2 aliphatic rings. The number of carboxylic acids is 2. The normalized spacial score (nSPS) is 21.2. The molecule has 0 radical (unpaired) electrons. The number of rotatable bonds is 9. The largest absolute Gasteiger partial charge is 0.496 e. The van der Waals surface area contributed by atoms with Crippen molar-refractivity contribution in [2.75, 3.05) is 23.9 Å². The van der Waals surface area contributed by atoms with E-state index in [-0.39, 0.29) is 28.5 Å². The lowest BCUT2D eigenvalue weighted by atomic mass is 9.63. The molecule has 4 aromatic rings. The molecule has 6 rings (SSSR count). The third-order valence-electron chi connectivity index (χ3n) is 9.78. The van der Waals surface area contributed by atoms with Crippen molar-refractivity contribution >= 4 is 52.4 Å². The molecule has 0 aliphatic carbocycles. The maximum atomic E-state index is 14.5. The number of halogens is 2. The molecule has 2 heterocycles. The lowest BCUT2D eigenvalue weighted by Gasteiger charge is -2.40. The Balaban J connectivity index is 1.50. The number of hydrogen-bond acceptors (Lipinski definition) is 6. The number of aromatic carboxylic acids is 2. The van der Waals surface area contributed by atoms with E-state index in [9.17, 15) is 24.6 Å². The van der Waals surface area contributed by atoms with E-state index >= 15 is 0 Å². The summed E-state index contributed by atoms with van der Waals surface area (Å²) in [7, 11) is 1.52. The van der Waals surface area contributed by atoms with Crippen molar-refractivity contribution in [1.29, 1.82) is 0 Å². The van der Waals surface area contributed by atoms with Crippen LogP contribution in [0.1, 0.15) is 70.5 Å². The first-order valence-corrected chi connectivity index (χ1v) is 17.1. The molecule has 260 valence electrons. The van der Waals surface area contributed by atoms with E-state index in [1.807, 2.05) is 42.5 Å². The van der Waals surface area contributed by atoms with E-state index in [1.165, 1.54) is 25.3 Å². The van der Waals surface area contributed by atoms with Gasteiger partial charge >= 0.3 is 11.9 Å². The Morgan fingerprint density at radius 3 is 2.26 bits per heavy atom. The lowest BCUT2D eigenvalue weighted by Crippen LogP contribution is -2.48. The number of nitrogens with one attached hydrogen (secondary N) is 2. The first kappa shape index (κ1) is 35.3. The van der Waals surface area contributed by atoms with Gasteiger partial charge in [-0.2, -0.15) is 0 Å². The van der Waals surface area contributed by atoms with Crippen LogP contribution in [0.4, 0.5) is 11.4 Å². The van der Waals surface area contributed by atoms with E-state index in [1.54, 1.807) is 24.3 Å². The summed E-state index contributed by atoms with van der Waals surface area (Å²) in [6.45, 7) is 7.41. The standard InChI is InChI=1S/C39H39Cl2N3O6/c1-38(2,3)19-32-39(21-44(30-16-13-25(40)18-28(30)39)20-24-10-9-23(37(48)49)17-31(24)50-4)33(27-7-5-6-8-29(27)41)34(43-32)35(45)42-26-14-11-22(12-15-26)36(46)47/h5-18,32-34,43H,19-21H2,1-4H3,(H,42,45)(H,46,47)(H,48,49)/t32-,33-,34+,39-/m0/s1. The fourth-order valence-corrected chi connectivity index (χ4v) is 8.14. The van der Waals surface area contributed by atoms with E-state index in [0.717, 1.165) is 22.4 Å². The van der Waals surface area contributed by atoms with Gasteiger partial charge in [-0.25, -0.2) is 9.59 Å². The van der Waals surface area contributed by atoms with Gasteiger partial charge in [0, 0.05) is 57.4 Å². The second-order valence-electron chi connectivity index (χ2n) is 14.2. The van der Waals surface area contributed by atoms with Crippen molar-refractivity contribution in [2.24, 2.45) is 5.41 Å². The average molecular weight is 717 g/mol. The Labute approximate surface area is 301 Å². The van der Waals surface area contributed by atoms with Crippen molar-refractivity contribution in [1.82, 2.24) is 5.32 Å². The Morgan fingerprint density at radius 1 is 0.940 bits per heavy atom. The molecule has 1 spiro atoms. The number of fused-ring (bicyclic) bond motifs is 2. The molecule has 0 saturated carbocycles. The number of carbonyl (C=O) groups is 3. The molecule has 4 atom stereocenters. The number of nitrogens with zero attached hydrogens (tertiary/aromatic N) is 1. The van der Waals surface area contributed by atoms with Crippen molar-refractivity contribution < 1.29 is 29.3 Å². The molecule has 1 saturated heterocycles. The maximum absolute atomic E-state index is 14.5.